The van der Waals surface area contributed by atoms with Gasteiger partial charge in [-0.25, -0.2) is 0 Å². The summed E-state index contributed by atoms with van der Waals surface area (Å²) in [6.07, 6.45) is 12.5. The van der Waals surface area contributed by atoms with Gasteiger partial charge < -0.3 is 9.80 Å². The van der Waals surface area contributed by atoms with Crippen molar-refractivity contribution in [1.29, 1.82) is 0 Å². The third kappa shape index (κ3) is 12.0. The van der Waals surface area contributed by atoms with E-state index in [1.165, 1.54) is 51.4 Å². The van der Waals surface area contributed by atoms with Crippen LogP contribution in [0.15, 0.2) is 0 Å². The molecule has 0 fully saturated rings. The van der Waals surface area contributed by atoms with Crippen LogP contribution in [0.25, 0.3) is 0 Å². The van der Waals surface area contributed by atoms with Crippen molar-refractivity contribution in [2.75, 3.05) is 33.2 Å². The number of likely N-dealkylation sites (N-methyl/N-ethyl adjacent to an activating group) is 1. The highest BCUT2D eigenvalue weighted by molar-refractivity contribution is 5.75. The Balaban J connectivity index is 3.40. The predicted octanol–water partition coefficient (Wildman–Crippen LogP) is 4.51. The van der Waals surface area contributed by atoms with Crippen LogP contribution in [0.2, 0.25) is 0 Å². The number of carbonyl (C=O) groups excluding carboxylic acids is 1. The monoisotopic (exact) mass is 313 g/mol. The Morgan fingerprint density at radius 3 is 1.82 bits per heavy atom. The van der Waals surface area contributed by atoms with Gasteiger partial charge in [0.2, 0.25) is 5.91 Å². The average Bonchev–Trinajstić information content (AvgIpc) is 2.53. The van der Waals surface area contributed by atoms with Crippen molar-refractivity contribution in [1.82, 2.24) is 5.32 Å². The Morgan fingerprint density at radius 1 is 0.818 bits per heavy atom. The van der Waals surface area contributed by atoms with E-state index in [-0.39, 0.29) is 5.91 Å². The zero-order valence-electron chi connectivity index (χ0n) is 15.8. The lowest BCUT2D eigenvalue weighted by atomic mass is 10.1. The number of hydrogen-bond acceptors (Lipinski definition) is 1. The van der Waals surface area contributed by atoms with Gasteiger partial charge >= 0.3 is 0 Å². The van der Waals surface area contributed by atoms with Gasteiger partial charge in [-0.15, -0.1) is 0 Å². The van der Waals surface area contributed by atoms with Crippen LogP contribution in [-0.4, -0.2) is 43.6 Å². The molecule has 0 saturated heterocycles. The normalized spacial score (nSPS) is 11.6. The van der Waals surface area contributed by atoms with E-state index < -0.39 is 0 Å². The van der Waals surface area contributed by atoms with Gasteiger partial charge in [0.05, 0.1) is 33.2 Å². The Hall–Kier alpha value is -0.570. The molecule has 0 heterocycles. The molecule has 0 aromatic carbocycles. The highest BCUT2D eigenvalue weighted by Gasteiger charge is 2.15. The molecule has 0 spiro atoms. The van der Waals surface area contributed by atoms with Gasteiger partial charge in [-0.05, 0) is 20.3 Å². The largest absolute Gasteiger partial charge is 0.350 e. The van der Waals surface area contributed by atoms with E-state index in [1.807, 2.05) is 0 Å². The quantitative estimate of drug-likeness (QED) is 0.350. The van der Waals surface area contributed by atoms with Crippen molar-refractivity contribution >= 4 is 5.91 Å². The molecule has 0 aromatic heterocycles. The average molecular weight is 314 g/mol. The van der Waals surface area contributed by atoms with Crippen LogP contribution in [0, 0.1) is 0 Å². The molecular weight excluding hydrogens is 272 g/mol. The number of unbranched alkanes of at least 4 members (excludes halogenated alkanes) is 8. The zero-order chi connectivity index (χ0) is 16.7. The minimum Gasteiger partial charge on any atom is -0.350 e. The number of nitrogens with one attached hydrogen (secondary N) is 1. The molecule has 0 saturated carbocycles. The molecule has 0 unspecified atom stereocenters. The molecular formula is C19H41N2O+. The summed E-state index contributed by atoms with van der Waals surface area (Å²) in [5, 5.41) is 3.08. The summed E-state index contributed by atoms with van der Waals surface area (Å²) in [4.78, 5) is 11.8. The Kier molecular flexibility index (Phi) is 13.7. The Bertz CT molecular complexity index is 262. The molecule has 0 rings (SSSR count). The van der Waals surface area contributed by atoms with E-state index >= 15 is 0 Å². The number of quaternary nitrogens is 1. The van der Waals surface area contributed by atoms with E-state index in [9.17, 15) is 4.79 Å². The van der Waals surface area contributed by atoms with Crippen LogP contribution >= 0.6 is 0 Å². The predicted molar refractivity (Wildman–Crippen MR) is 97.0 cm³/mol. The van der Waals surface area contributed by atoms with E-state index in [0.717, 1.165) is 37.1 Å². The minimum absolute atomic E-state index is 0.238. The Labute approximate surface area is 139 Å². The summed E-state index contributed by atoms with van der Waals surface area (Å²) >= 11 is 0. The third-order valence-corrected chi connectivity index (χ3v) is 5.01. The van der Waals surface area contributed by atoms with Crippen LogP contribution in [0.5, 0.6) is 0 Å². The molecule has 22 heavy (non-hydrogen) atoms. The van der Waals surface area contributed by atoms with E-state index in [4.69, 9.17) is 0 Å². The molecule has 0 aliphatic heterocycles. The number of hydrogen-bond donors (Lipinski definition) is 1. The number of rotatable bonds is 15. The van der Waals surface area contributed by atoms with Crippen molar-refractivity contribution in [3.05, 3.63) is 0 Å². The topological polar surface area (TPSA) is 29.1 Å². The molecule has 1 N–H and O–H groups in total. The highest BCUT2D eigenvalue weighted by atomic mass is 16.1. The maximum atomic E-state index is 11.8. The smallest absolute Gasteiger partial charge is 0.220 e. The van der Waals surface area contributed by atoms with Gasteiger partial charge in [-0.2, -0.15) is 0 Å². The molecule has 132 valence electrons. The van der Waals surface area contributed by atoms with E-state index in [1.54, 1.807) is 0 Å². The first-order valence-corrected chi connectivity index (χ1v) is 9.68. The Morgan fingerprint density at radius 2 is 1.32 bits per heavy atom. The molecule has 3 nitrogen and oxygen atoms in total. The van der Waals surface area contributed by atoms with Crippen molar-refractivity contribution < 1.29 is 9.28 Å². The zero-order valence-corrected chi connectivity index (χ0v) is 15.8. The van der Waals surface area contributed by atoms with Crippen LogP contribution < -0.4 is 5.32 Å². The molecule has 0 aliphatic carbocycles. The van der Waals surface area contributed by atoms with Gasteiger partial charge in [0.15, 0.2) is 0 Å². The molecule has 0 atom stereocenters. The summed E-state index contributed by atoms with van der Waals surface area (Å²) in [5.74, 6) is 0.238. The maximum absolute atomic E-state index is 11.8. The summed E-state index contributed by atoms with van der Waals surface area (Å²) in [5.41, 5.74) is 0. The van der Waals surface area contributed by atoms with Gasteiger partial charge in [0.1, 0.15) is 0 Å². The fourth-order valence-electron chi connectivity index (χ4n) is 2.69. The van der Waals surface area contributed by atoms with Gasteiger partial charge in [-0.3, -0.25) is 4.79 Å². The lowest BCUT2D eigenvalue weighted by Gasteiger charge is -2.32. The van der Waals surface area contributed by atoms with Gasteiger partial charge in [-0.1, -0.05) is 58.3 Å². The second-order valence-corrected chi connectivity index (χ2v) is 6.90. The summed E-state index contributed by atoms with van der Waals surface area (Å²) in [7, 11) is 2.26. The van der Waals surface area contributed by atoms with Crippen LogP contribution in [-0.2, 0) is 4.79 Å². The lowest BCUT2D eigenvalue weighted by molar-refractivity contribution is -0.904. The molecule has 0 radical (unpaired) electrons. The van der Waals surface area contributed by atoms with E-state index in [2.05, 4.69) is 33.1 Å². The standard InChI is InChI=1S/C19H40N2O/c1-5-8-9-10-11-12-13-14-15-16-19(22)20-17-18-21(4,6-2)7-3/h5-18H2,1-4H3/p+1. The molecule has 0 aromatic rings. The maximum Gasteiger partial charge on any atom is 0.220 e. The number of amides is 1. The minimum atomic E-state index is 0.238. The first kappa shape index (κ1) is 21.4. The van der Waals surface area contributed by atoms with Gasteiger partial charge in [0.25, 0.3) is 0 Å². The fraction of sp³-hybridized carbons (Fsp3) is 0.947. The number of carbonyl (C=O) groups is 1. The van der Waals surface area contributed by atoms with Crippen LogP contribution in [0.4, 0.5) is 0 Å². The van der Waals surface area contributed by atoms with Crippen molar-refractivity contribution in [2.24, 2.45) is 0 Å². The molecule has 3 heteroatoms. The third-order valence-electron chi connectivity index (χ3n) is 5.01. The molecule has 0 aliphatic rings. The lowest BCUT2D eigenvalue weighted by Crippen LogP contribution is -2.48. The van der Waals surface area contributed by atoms with Crippen LogP contribution in [0.3, 0.4) is 0 Å². The highest BCUT2D eigenvalue weighted by Crippen LogP contribution is 2.10. The van der Waals surface area contributed by atoms with E-state index in [0.29, 0.717) is 6.42 Å². The fourth-order valence-corrected chi connectivity index (χ4v) is 2.69. The first-order chi connectivity index (χ1) is 10.6. The SMILES string of the molecule is CCCCCCCCCCCC(=O)NCC[N+](C)(CC)CC. The van der Waals surface area contributed by atoms with Gasteiger partial charge in [0, 0.05) is 6.42 Å². The molecule has 1 amide bonds. The van der Waals surface area contributed by atoms with Crippen molar-refractivity contribution in [3.8, 4) is 0 Å². The number of nitrogens with zero attached hydrogens (tertiary/aromatic N) is 1. The van der Waals surface area contributed by atoms with Crippen molar-refractivity contribution in [2.45, 2.75) is 85.0 Å². The molecule has 0 bridgehead atoms. The summed E-state index contributed by atoms with van der Waals surface area (Å²) in [6, 6.07) is 0. The second-order valence-electron chi connectivity index (χ2n) is 6.90. The first-order valence-electron chi connectivity index (χ1n) is 9.68. The van der Waals surface area contributed by atoms with Crippen molar-refractivity contribution in [3.63, 3.8) is 0 Å². The second kappa shape index (κ2) is 14.0. The van der Waals surface area contributed by atoms with Crippen LogP contribution in [0.1, 0.15) is 85.0 Å². The summed E-state index contributed by atoms with van der Waals surface area (Å²) < 4.78 is 1.04. The summed E-state index contributed by atoms with van der Waals surface area (Å²) in [6.45, 7) is 10.8.